The number of carbonyl (C=O) groups excluding carboxylic acids is 1. The van der Waals surface area contributed by atoms with E-state index in [9.17, 15) is 4.79 Å². The third kappa shape index (κ3) is 3.57. The summed E-state index contributed by atoms with van der Waals surface area (Å²) in [7, 11) is 0. The molecule has 1 spiro atoms. The van der Waals surface area contributed by atoms with E-state index in [0.29, 0.717) is 22.1 Å². The average molecular weight is 511 g/mol. The minimum absolute atomic E-state index is 0.344. The lowest BCUT2D eigenvalue weighted by atomic mass is 9.77. The first kappa shape index (κ1) is 23.4. The lowest BCUT2D eigenvalue weighted by Crippen LogP contribution is -2.33. The standard InChI is InChI=1S/C31H27ClN2O3/c1-4-34(5-2)20-14-15-23-29(17-20)36-28-16-19(3)27(33-26-13-9-8-12-25(26)32)18-24(28)31(23)22-11-7-6-10-21(22)30(35)37-31/h6-18,33H,4-5H2,1-3H3/t31-/m0/s1. The van der Waals surface area contributed by atoms with Crippen LogP contribution in [0.1, 0.15) is 46.5 Å². The van der Waals surface area contributed by atoms with E-state index >= 15 is 0 Å². The summed E-state index contributed by atoms with van der Waals surface area (Å²) in [4.78, 5) is 15.5. The monoisotopic (exact) mass is 510 g/mol. The van der Waals surface area contributed by atoms with E-state index in [1.54, 1.807) is 0 Å². The van der Waals surface area contributed by atoms with Crippen molar-refractivity contribution in [1.29, 1.82) is 0 Å². The molecule has 2 aliphatic rings. The number of halogens is 1. The summed E-state index contributed by atoms with van der Waals surface area (Å²) >= 11 is 6.45. The minimum atomic E-state index is -1.12. The molecule has 4 aromatic rings. The second kappa shape index (κ2) is 8.86. The van der Waals surface area contributed by atoms with E-state index in [4.69, 9.17) is 21.1 Å². The summed E-state index contributed by atoms with van der Waals surface area (Å²) in [5, 5.41) is 4.08. The number of para-hydroxylation sites is 1. The zero-order chi connectivity index (χ0) is 25.7. The Kier molecular flexibility index (Phi) is 5.61. The van der Waals surface area contributed by atoms with E-state index in [0.717, 1.165) is 52.4 Å². The number of nitrogens with one attached hydrogen (secondary N) is 1. The van der Waals surface area contributed by atoms with E-state index in [2.05, 4.69) is 30.1 Å². The highest BCUT2D eigenvalue weighted by Gasteiger charge is 2.53. The molecule has 0 amide bonds. The molecule has 0 fully saturated rings. The fraction of sp³-hybridized carbons (Fsp3) is 0.194. The van der Waals surface area contributed by atoms with Crippen molar-refractivity contribution in [3.8, 4) is 11.5 Å². The molecule has 2 heterocycles. The van der Waals surface area contributed by atoms with Gasteiger partial charge in [0.2, 0.25) is 0 Å². The van der Waals surface area contributed by atoms with Gasteiger partial charge in [-0.1, -0.05) is 41.9 Å². The molecule has 0 saturated carbocycles. The van der Waals surface area contributed by atoms with Crippen LogP contribution >= 0.6 is 11.6 Å². The number of fused-ring (bicyclic) bond motifs is 6. The molecule has 4 aromatic carbocycles. The van der Waals surface area contributed by atoms with Crippen molar-refractivity contribution in [1.82, 2.24) is 0 Å². The second-order valence-electron chi connectivity index (χ2n) is 9.34. The topological polar surface area (TPSA) is 50.8 Å². The van der Waals surface area contributed by atoms with Gasteiger partial charge in [-0.25, -0.2) is 4.79 Å². The van der Waals surface area contributed by atoms with Crippen LogP contribution in [0.3, 0.4) is 0 Å². The first-order valence-corrected chi connectivity index (χ1v) is 12.9. The Balaban J connectivity index is 1.58. The summed E-state index contributed by atoms with van der Waals surface area (Å²) in [6.07, 6.45) is 0. The van der Waals surface area contributed by atoms with Gasteiger partial charge in [0.1, 0.15) is 11.5 Å². The van der Waals surface area contributed by atoms with Gasteiger partial charge in [-0.15, -0.1) is 0 Å². The molecule has 0 radical (unpaired) electrons. The molecule has 0 unspecified atom stereocenters. The Morgan fingerprint density at radius 2 is 1.57 bits per heavy atom. The van der Waals surface area contributed by atoms with E-state index in [1.165, 1.54) is 0 Å². The summed E-state index contributed by atoms with van der Waals surface area (Å²) in [5.41, 5.74) is 5.54. The summed E-state index contributed by atoms with van der Waals surface area (Å²) in [6, 6.07) is 25.4. The smallest absolute Gasteiger partial charge is 0.340 e. The van der Waals surface area contributed by atoms with Crippen molar-refractivity contribution in [3.05, 3.63) is 112 Å². The third-order valence-corrected chi connectivity index (χ3v) is 7.64. The Labute approximate surface area is 221 Å². The van der Waals surface area contributed by atoms with Gasteiger partial charge in [-0.2, -0.15) is 0 Å². The molecule has 0 aliphatic carbocycles. The number of anilines is 3. The van der Waals surface area contributed by atoms with Gasteiger partial charge in [0.25, 0.3) is 0 Å². The van der Waals surface area contributed by atoms with E-state index in [-0.39, 0.29) is 5.97 Å². The number of esters is 1. The van der Waals surface area contributed by atoms with Crippen molar-refractivity contribution in [2.45, 2.75) is 26.4 Å². The Hall–Kier alpha value is -3.96. The number of ether oxygens (including phenoxy) is 2. The Bertz CT molecular complexity index is 1550. The number of hydrogen-bond acceptors (Lipinski definition) is 5. The van der Waals surface area contributed by atoms with Crippen molar-refractivity contribution >= 4 is 34.6 Å². The van der Waals surface area contributed by atoms with Crippen molar-refractivity contribution in [2.75, 3.05) is 23.3 Å². The van der Waals surface area contributed by atoms with Gasteiger partial charge in [-0.05, 0) is 68.8 Å². The maximum atomic E-state index is 13.2. The largest absolute Gasteiger partial charge is 0.456 e. The SMILES string of the molecule is CCN(CC)c1ccc2c(c1)Oc1cc(C)c(Nc3ccccc3Cl)cc1[C@@]21OC(=O)c2ccccc21. The van der Waals surface area contributed by atoms with Crippen LogP contribution in [-0.2, 0) is 10.3 Å². The van der Waals surface area contributed by atoms with Crippen molar-refractivity contribution in [3.63, 3.8) is 0 Å². The Morgan fingerprint density at radius 3 is 2.35 bits per heavy atom. The van der Waals surface area contributed by atoms with Gasteiger partial charge >= 0.3 is 5.97 Å². The molecule has 1 atom stereocenters. The van der Waals surface area contributed by atoms with Gasteiger partial charge in [0.15, 0.2) is 5.60 Å². The highest BCUT2D eigenvalue weighted by Crippen LogP contribution is 2.57. The average Bonchev–Trinajstić information content (AvgIpc) is 3.20. The number of benzene rings is 4. The molecular formula is C31H27ClN2O3. The lowest BCUT2D eigenvalue weighted by Gasteiger charge is -2.37. The maximum Gasteiger partial charge on any atom is 0.340 e. The quantitative estimate of drug-likeness (QED) is 0.277. The maximum absolute atomic E-state index is 13.2. The van der Waals surface area contributed by atoms with Crippen LogP contribution < -0.4 is 15.0 Å². The first-order valence-electron chi connectivity index (χ1n) is 12.5. The molecule has 2 aliphatic heterocycles. The number of aryl methyl sites for hydroxylation is 1. The van der Waals surface area contributed by atoms with Crippen LogP contribution in [0.25, 0.3) is 0 Å². The molecule has 5 nitrogen and oxygen atoms in total. The van der Waals surface area contributed by atoms with Gasteiger partial charge in [0, 0.05) is 47.2 Å². The number of rotatable bonds is 5. The minimum Gasteiger partial charge on any atom is -0.456 e. The van der Waals surface area contributed by atoms with Crippen LogP contribution in [0.2, 0.25) is 5.02 Å². The molecule has 0 aromatic heterocycles. The van der Waals surface area contributed by atoms with Crippen LogP contribution in [0, 0.1) is 6.92 Å². The van der Waals surface area contributed by atoms with E-state index in [1.807, 2.05) is 79.7 Å². The number of nitrogens with zero attached hydrogens (tertiary/aromatic N) is 1. The van der Waals surface area contributed by atoms with Crippen LogP contribution in [0.5, 0.6) is 11.5 Å². The summed E-state index contributed by atoms with van der Waals surface area (Å²) in [6.45, 7) is 8.04. The predicted molar refractivity (Wildman–Crippen MR) is 148 cm³/mol. The molecule has 1 N–H and O–H groups in total. The van der Waals surface area contributed by atoms with Crippen LogP contribution in [0.4, 0.5) is 17.1 Å². The lowest BCUT2D eigenvalue weighted by molar-refractivity contribution is 0.0224. The molecule has 186 valence electrons. The number of hydrogen-bond donors (Lipinski definition) is 1. The Morgan fingerprint density at radius 1 is 0.838 bits per heavy atom. The van der Waals surface area contributed by atoms with Gasteiger partial charge in [0.05, 0.1) is 16.3 Å². The third-order valence-electron chi connectivity index (χ3n) is 7.31. The highest BCUT2D eigenvalue weighted by atomic mass is 35.5. The number of carbonyl (C=O) groups is 1. The highest BCUT2D eigenvalue weighted by molar-refractivity contribution is 6.33. The molecule has 37 heavy (non-hydrogen) atoms. The molecule has 6 rings (SSSR count). The fourth-order valence-corrected chi connectivity index (χ4v) is 5.62. The van der Waals surface area contributed by atoms with Gasteiger partial charge < -0.3 is 19.7 Å². The second-order valence-corrected chi connectivity index (χ2v) is 9.75. The van der Waals surface area contributed by atoms with Gasteiger partial charge in [-0.3, -0.25) is 0 Å². The first-order chi connectivity index (χ1) is 18.0. The van der Waals surface area contributed by atoms with E-state index < -0.39 is 5.60 Å². The molecule has 0 saturated heterocycles. The van der Waals surface area contributed by atoms with Crippen LogP contribution in [-0.4, -0.2) is 19.1 Å². The molecular weight excluding hydrogens is 484 g/mol. The summed E-state index contributed by atoms with van der Waals surface area (Å²) in [5.74, 6) is 1.01. The normalized spacial score (nSPS) is 16.9. The molecule has 0 bridgehead atoms. The molecule has 6 heteroatoms. The fourth-order valence-electron chi connectivity index (χ4n) is 5.44. The zero-order valence-corrected chi connectivity index (χ0v) is 21.7. The summed E-state index contributed by atoms with van der Waals surface area (Å²) < 4.78 is 12.9. The van der Waals surface area contributed by atoms with Crippen LogP contribution in [0.15, 0.2) is 78.9 Å². The predicted octanol–water partition coefficient (Wildman–Crippen LogP) is 7.81. The van der Waals surface area contributed by atoms with Crippen molar-refractivity contribution < 1.29 is 14.3 Å². The van der Waals surface area contributed by atoms with Crippen molar-refractivity contribution in [2.24, 2.45) is 0 Å². The zero-order valence-electron chi connectivity index (χ0n) is 21.0.